The van der Waals surface area contributed by atoms with Crippen LogP contribution >= 0.6 is 0 Å². The molecule has 1 aromatic rings. The molecular weight excluding hydrogens is 364 g/mol. The molecular formula is C9H16O10S3. The van der Waals surface area contributed by atoms with E-state index in [1.807, 2.05) is 0 Å². The summed E-state index contributed by atoms with van der Waals surface area (Å²) in [5.74, 6) is -0.433. The van der Waals surface area contributed by atoms with E-state index in [4.69, 9.17) is 18.8 Å². The van der Waals surface area contributed by atoms with Crippen LogP contribution in [0.15, 0.2) is 23.1 Å². The van der Waals surface area contributed by atoms with Crippen molar-refractivity contribution in [1.29, 1.82) is 0 Å². The molecule has 1 rings (SSSR count). The van der Waals surface area contributed by atoms with Crippen molar-refractivity contribution in [3.05, 3.63) is 23.8 Å². The number of phenolic OH excluding ortho intramolecular Hbond substituents is 1. The van der Waals surface area contributed by atoms with Crippen molar-refractivity contribution in [3.63, 3.8) is 0 Å². The highest BCUT2D eigenvalue weighted by Crippen LogP contribution is 2.22. The van der Waals surface area contributed by atoms with Crippen LogP contribution in [0.4, 0.5) is 0 Å². The molecule has 130 valence electrons. The molecule has 0 aliphatic rings. The fourth-order valence-electron chi connectivity index (χ4n) is 0.846. The zero-order chi connectivity index (χ0) is 18.4. The molecule has 13 heteroatoms. The molecule has 0 unspecified atom stereocenters. The van der Waals surface area contributed by atoms with Gasteiger partial charge in [0.05, 0.1) is 12.5 Å². The lowest BCUT2D eigenvalue weighted by molar-refractivity contribution is 0.443. The van der Waals surface area contributed by atoms with Gasteiger partial charge < -0.3 is 5.11 Å². The first-order valence-corrected chi connectivity index (χ1v) is 10.2. The predicted molar refractivity (Wildman–Crippen MR) is 77.6 cm³/mol. The van der Waals surface area contributed by atoms with E-state index in [0.717, 1.165) is 11.6 Å². The van der Waals surface area contributed by atoms with Crippen molar-refractivity contribution in [2.75, 3.05) is 12.5 Å². The van der Waals surface area contributed by atoms with Gasteiger partial charge in [-0.05, 0) is 24.6 Å². The molecule has 0 radical (unpaired) electrons. The maximum atomic E-state index is 10.6. The predicted octanol–water partition coefficient (Wildman–Crippen LogP) is -0.0447. The highest BCUT2D eigenvalue weighted by atomic mass is 32.2. The Morgan fingerprint density at radius 3 is 1.36 bits per heavy atom. The Balaban J connectivity index is 0. The molecule has 0 bridgehead atoms. The van der Waals surface area contributed by atoms with Gasteiger partial charge in [-0.3, -0.25) is 13.7 Å². The lowest BCUT2D eigenvalue weighted by atomic mass is 10.2. The minimum Gasteiger partial charge on any atom is -0.506 e. The Hall–Kier alpha value is -1.25. The van der Waals surface area contributed by atoms with E-state index in [1.54, 1.807) is 6.92 Å². The molecule has 22 heavy (non-hydrogen) atoms. The molecule has 1 aromatic carbocycles. The van der Waals surface area contributed by atoms with Gasteiger partial charge in [-0.15, -0.1) is 0 Å². The number of aromatic hydroxyl groups is 1. The van der Waals surface area contributed by atoms with Crippen LogP contribution in [-0.4, -0.2) is 56.5 Å². The lowest BCUT2D eigenvalue weighted by Gasteiger charge is -2.00. The van der Waals surface area contributed by atoms with Crippen molar-refractivity contribution in [2.24, 2.45) is 0 Å². The zero-order valence-corrected chi connectivity index (χ0v) is 14.1. The molecule has 0 amide bonds. The third kappa shape index (κ3) is 18.8. The maximum Gasteiger partial charge on any atom is 0.298 e. The molecule has 0 spiro atoms. The van der Waals surface area contributed by atoms with Crippen LogP contribution in [0.3, 0.4) is 0 Å². The number of phenols is 1. The first kappa shape index (κ1) is 23.0. The average molecular weight is 380 g/mol. The molecule has 0 aliphatic heterocycles. The largest absolute Gasteiger partial charge is 0.506 e. The van der Waals surface area contributed by atoms with Crippen molar-refractivity contribution in [1.82, 2.24) is 0 Å². The quantitative estimate of drug-likeness (QED) is 0.482. The van der Waals surface area contributed by atoms with E-state index < -0.39 is 41.0 Å². The Morgan fingerprint density at radius 2 is 1.14 bits per heavy atom. The highest BCUT2D eigenvalue weighted by Gasteiger charge is 2.14. The first-order chi connectivity index (χ1) is 9.41. The van der Waals surface area contributed by atoms with Crippen molar-refractivity contribution in [3.8, 4) is 5.75 Å². The zero-order valence-electron chi connectivity index (χ0n) is 11.7. The van der Waals surface area contributed by atoms with Gasteiger partial charge in [-0.1, -0.05) is 6.07 Å². The monoisotopic (exact) mass is 380 g/mol. The SMILES string of the molecule is CS(=O)(=O)O.CS(=O)(=O)O.Cc1ccc(S(=O)(=O)O)c(O)c1. The van der Waals surface area contributed by atoms with E-state index in [-0.39, 0.29) is 0 Å². The van der Waals surface area contributed by atoms with Crippen LogP contribution in [0.2, 0.25) is 0 Å². The summed E-state index contributed by atoms with van der Waals surface area (Å²) in [5, 5.41) is 9.09. The lowest BCUT2D eigenvalue weighted by Crippen LogP contribution is -1.98. The van der Waals surface area contributed by atoms with Gasteiger partial charge >= 0.3 is 0 Å². The van der Waals surface area contributed by atoms with Crippen LogP contribution in [0.5, 0.6) is 5.75 Å². The second kappa shape index (κ2) is 8.40. The number of hydrogen-bond donors (Lipinski definition) is 4. The fourth-order valence-corrected chi connectivity index (χ4v) is 1.41. The standard InChI is InChI=1S/C7H8O4S.2CH4O3S/c1-5-2-3-7(6(8)4-5)12(9,10)11;2*1-5(2,3)4/h2-4,8H,1H3,(H,9,10,11);2*1H3,(H,2,3,4). The number of hydrogen-bond acceptors (Lipinski definition) is 7. The smallest absolute Gasteiger partial charge is 0.298 e. The summed E-state index contributed by atoms with van der Waals surface area (Å²) in [6.07, 6.45) is 1.43. The Bertz CT molecular complexity index is 744. The Morgan fingerprint density at radius 1 is 0.818 bits per heavy atom. The second-order valence-electron chi connectivity index (χ2n) is 3.91. The van der Waals surface area contributed by atoms with Crippen LogP contribution in [0.25, 0.3) is 0 Å². The van der Waals surface area contributed by atoms with Gasteiger partial charge in [-0.25, -0.2) is 0 Å². The summed E-state index contributed by atoms with van der Waals surface area (Å²) in [6, 6.07) is 3.91. The van der Waals surface area contributed by atoms with Crippen LogP contribution in [-0.2, 0) is 30.4 Å². The minimum atomic E-state index is -4.30. The van der Waals surface area contributed by atoms with Crippen LogP contribution in [0, 0.1) is 6.92 Å². The van der Waals surface area contributed by atoms with Crippen molar-refractivity contribution < 1.29 is 44.0 Å². The van der Waals surface area contributed by atoms with Crippen LogP contribution < -0.4 is 0 Å². The van der Waals surface area contributed by atoms with E-state index in [1.165, 1.54) is 12.1 Å². The maximum absolute atomic E-state index is 10.6. The second-order valence-corrected chi connectivity index (χ2v) is 8.23. The summed E-state index contributed by atoms with van der Waals surface area (Å²) in [4.78, 5) is -0.465. The molecule has 0 aromatic heterocycles. The molecule has 0 fully saturated rings. The molecule has 10 nitrogen and oxygen atoms in total. The normalized spacial score (nSPS) is 11.5. The van der Waals surface area contributed by atoms with Crippen molar-refractivity contribution in [2.45, 2.75) is 11.8 Å². The van der Waals surface area contributed by atoms with E-state index in [2.05, 4.69) is 0 Å². The van der Waals surface area contributed by atoms with E-state index in [0.29, 0.717) is 12.5 Å². The number of aryl methyl sites for hydroxylation is 1. The summed E-state index contributed by atoms with van der Waals surface area (Å²) in [6.45, 7) is 1.70. The first-order valence-electron chi connectivity index (χ1n) is 5.03. The average Bonchev–Trinajstić information content (AvgIpc) is 2.08. The topological polar surface area (TPSA) is 183 Å². The van der Waals surface area contributed by atoms with Gasteiger partial charge in [0.25, 0.3) is 30.4 Å². The molecule has 0 saturated heterocycles. The summed E-state index contributed by atoms with van der Waals surface area (Å²) in [7, 11) is -11.6. The Labute approximate surface area is 128 Å². The van der Waals surface area contributed by atoms with Crippen LogP contribution in [0.1, 0.15) is 5.56 Å². The fraction of sp³-hybridized carbons (Fsp3) is 0.333. The van der Waals surface area contributed by atoms with E-state index in [9.17, 15) is 25.3 Å². The number of benzene rings is 1. The van der Waals surface area contributed by atoms with Gasteiger partial charge in [0, 0.05) is 0 Å². The highest BCUT2D eigenvalue weighted by molar-refractivity contribution is 7.86. The van der Waals surface area contributed by atoms with Crippen molar-refractivity contribution >= 4 is 30.4 Å². The third-order valence-electron chi connectivity index (χ3n) is 1.39. The summed E-state index contributed by atoms with van der Waals surface area (Å²) < 4.78 is 81.4. The Kier molecular flexibility index (Phi) is 8.79. The number of rotatable bonds is 1. The molecule has 0 heterocycles. The van der Waals surface area contributed by atoms with E-state index >= 15 is 0 Å². The van der Waals surface area contributed by atoms with Gasteiger partial charge in [0.15, 0.2) is 0 Å². The molecule has 0 atom stereocenters. The molecule has 4 N–H and O–H groups in total. The van der Waals surface area contributed by atoms with Gasteiger partial charge in [0.2, 0.25) is 0 Å². The van der Waals surface area contributed by atoms with Gasteiger partial charge in [0.1, 0.15) is 10.6 Å². The molecule has 0 aliphatic carbocycles. The third-order valence-corrected chi connectivity index (χ3v) is 2.29. The minimum absolute atomic E-state index is 0.433. The van der Waals surface area contributed by atoms with Gasteiger partial charge in [-0.2, -0.15) is 25.3 Å². The summed E-state index contributed by atoms with van der Waals surface area (Å²) in [5.41, 5.74) is 0.722. The summed E-state index contributed by atoms with van der Waals surface area (Å²) >= 11 is 0. The molecule has 0 saturated carbocycles.